The fraction of sp³-hybridized carbons (Fsp3) is 0.125. The van der Waals surface area contributed by atoms with E-state index in [1.54, 1.807) is 0 Å². The lowest BCUT2D eigenvalue weighted by Crippen LogP contribution is -2.29. The van der Waals surface area contributed by atoms with Crippen LogP contribution < -0.4 is 10.9 Å². The molecule has 0 saturated heterocycles. The van der Waals surface area contributed by atoms with Gasteiger partial charge >= 0.3 is 0 Å². The molecule has 0 aliphatic carbocycles. The van der Waals surface area contributed by atoms with E-state index in [-0.39, 0.29) is 18.0 Å². The number of anilines is 1. The first kappa shape index (κ1) is 16.2. The first-order valence-corrected chi connectivity index (χ1v) is 10.3. The van der Waals surface area contributed by atoms with E-state index in [0.29, 0.717) is 20.5 Å². The number of para-hydroxylation sites is 1. The summed E-state index contributed by atoms with van der Waals surface area (Å²) in [7, 11) is 0. The Kier molecular flexibility index (Phi) is 4.28. The number of benzene rings is 1. The summed E-state index contributed by atoms with van der Waals surface area (Å²) in [5.74, 6) is -0.297. The second-order valence-electron chi connectivity index (χ2n) is 5.16. The summed E-state index contributed by atoms with van der Waals surface area (Å²) < 4.78 is 2.97. The number of thiophene rings is 1. The fourth-order valence-corrected chi connectivity index (χ4v) is 4.66. The van der Waals surface area contributed by atoms with Crippen molar-refractivity contribution in [3.05, 3.63) is 46.1 Å². The number of hydrogen-bond acceptors (Lipinski definition) is 7. The van der Waals surface area contributed by atoms with Crippen molar-refractivity contribution in [3.63, 3.8) is 0 Å². The van der Waals surface area contributed by atoms with E-state index >= 15 is 0 Å². The molecular formula is C16H12N4O2S3. The highest BCUT2D eigenvalue weighted by molar-refractivity contribution is 7.98. The first-order valence-electron chi connectivity index (χ1n) is 7.33. The topological polar surface area (TPSA) is 76.9 Å². The van der Waals surface area contributed by atoms with Crippen LogP contribution in [-0.4, -0.2) is 26.7 Å². The number of hydrogen-bond donors (Lipinski definition) is 1. The van der Waals surface area contributed by atoms with Crippen LogP contribution in [0.1, 0.15) is 0 Å². The van der Waals surface area contributed by atoms with Crippen LogP contribution in [0.4, 0.5) is 5.13 Å². The third kappa shape index (κ3) is 3.06. The third-order valence-corrected chi connectivity index (χ3v) is 6.08. The Morgan fingerprint density at radius 3 is 2.88 bits per heavy atom. The van der Waals surface area contributed by atoms with E-state index in [1.165, 1.54) is 39.0 Å². The van der Waals surface area contributed by atoms with E-state index in [1.807, 2.05) is 42.0 Å². The summed E-state index contributed by atoms with van der Waals surface area (Å²) >= 11 is 4.08. The monoisotopic (exact) mass is 388 g/mol. The first-order chi connectivity index (χ1) is 12.2. The van der Waals surface area contributed by atoms with Crippen LogP contribution in [0, 0.1) is 0 Å². The lowest BCUT2D eigenvalue weighted by molar-refractivity contribution is -0.116. The maximum Gasteiger partial charge on any atom is 0.272 e. The number of thioether (sulfide) groups is 1. The number of nitrogens with zero attached hydrogens (tertiary/aromatic N) is 3. The number of fused-ring (bicyclic) bond motifs is 2. The Morgan fingerprint density at radius 2 is 2.08 bits per heavy atom. The highest BCUT2D eigenvalue weighted by Crippen LogP contribution is 2.25. The SMILES string of the molecule is CSc1nc2ccsc2c(=O)n1CC(=O)Nc1nc2ccccc2s1. The minimum atomic E-state index is -0.297. The van der Waals surface area contributed by atoms with Gasteiger partial charge in [-0.3, -0.25) is 14.2 Å². The largest absolute Gasteiger partial charge is 0.300 e. The molecule has 1 amide bonds. The molecule has 0 aliphatic heterocycles. The van der Waals surface area contributed by atoms with E-state index in [9.17, 15) is 9.59 Å². The van der Waals surface area contributed by atoms with Crippen molar-refractivity contribution in [2.24, 2.45) is 0 Å². The lowest BCUT2D eigenvalue weighted by Gasteiger charge is -2.09. The van der Waals surface area contributed by atoms with Crippen LogP contribution >= 0.6 is 34.4 Å². The molecule has 126 valence electrons. The number of aromatic nitrogens is 3. The molecule has 1 N–H and O–H groups in total. The average Bonchev–Trinajstić information content (AvgIpc) is 3.23. The molecule has 0 radical (unpaired) electrons. The van der Waals surface area contributed by atoms with Crippen LogP contribution in [0.25, 0.3) is 20.4 Å². The average molecular weight is 388 g/mol. The molecule has 3 heterocycles. The van der Waals surface area contributed by atoms with Crippen molar-refractivity contribution in [2.75, 3.05) is 11.6 Å². The molecule has 9 heteroatoms. The van der Waals surface area contributed by atoms with Crippen molar-refractivity contribution < 1.29 is 4.79 Å². The molecule has 0 bridgehead atoms. The zero-order valence-electron chi connectivity index (χ0n) is 13.1. The Morgan fingerprint density at radius 1 is 1.24 bits per heavy atom. The van der Waals surface area contributed by atoms with Gasteiger partial charge in [0.15, 0.2) is 10.3 Å². The molecule has 4 aromatic rings. The molecule has 3 aromatic heterocycles. The summed E-state index contributed by atoms with van der Waals surface area (Å²) in [5.41, 5.74) is 1.32. The molecule has 6 nitrogen and oxygen atoms in total. The summed E-state index contributed by atoms with van der Waals surface area (Å²) in [6.45, 7) is -0.0915. The highest BCUT2D eigenvalue weighted by Gasteiger charge is 2.15. The van der Waals surface area contributed by atoms with Crippen molar-refractivity contribution in [1.29, 1.82) is 0 Å². The Bertz CT molecular complexity index is 1110. The maximum absolute atomic E-state index is 12.6. The molecule has 1 aromatic carbocycles. The van der Waals surface area contributed by atoms with Gasteiger partial charge in [-0.1, -0.05) is 35.2 Å². The normalized spacial score (nSPS) is 11.2. The number of nitrogens with one attached hydrogen (secondary N) is 1. The predicted octanol–water partition coefficient (Wildman–Crippen LogP) is 3.43. The zero-order chi connectivity index (χ0) is 17.4. The second-order valence-corrected chi connectivity index (χ2v) is 7.88. The lowest BCUT2D eigenvalue weighted by atomic mass is 10.3. The van der Waals surface area contributed by atoms with Gasteiger partial charge in [-0.2, -0.15) is 0 Å². The minimum absolute atomic E-state index is 0.0915. The number of rotatable bonds is 4. The Hall–Kier alpha value is -2.23. The van der Waals surface area contributed by atoms with Gasteiger partial charge < -0.3 is 5.32 Å². The summed E-state index contributed by atoms with van der Waals surface area (Å²) in [6, 6.07) is 9.49. The van der Waals surface area contributed by atoms with E-state index < -0.39 is 0 Å². The quantitative estimate of drug-likeness (QED) is 0.428. The molecule has 25 heavy (non-hydrogen) atoms. The van der Waals surface area contributed by atoms with Gasteiger partial charge in [0.05, 0.1) is 15.7 Å². The molecule has 0 atom stereocenters. The fourth-order valence-electron chi connectivity index (χ4n) is 2.45. The van der Waals surface area contributed by atoms with E-state index in [4.69, 9.17) is 0 Å². The van der Waals surface area contributed by atoms with Gasteiger partial charge in [-0.25, -0.2) is 9.97 Å². The summed E-state index contributed by atoms with van der Waals surface area (Å²) in [4.78, 5) is 33.9. The van der Waals surface area contributed by atoms with Crippen LogP contribution in [-0.2, 0) is 11.3 Å². The van der Waals surface area contributed by atoms with Crippen LogP contribution in [0.3, 0.4) is 0 Å². The number of thiazole rings is 1. The van der Waals surface area contributed by atoms with Gasteiger partial charge in [-0.05, 0) is 29.8 Å². The van der Waals surface area contributed by atoms with Crippen LogP contribution in [0.2, 0.25) is 0 Å². The highest BCUT2D eigenvalue weighted by atomic mass is 32.2. The zero-order valence-corrected chi connectivity index (χ0v) is 15.5. The van der Waals surface area contributed by atoms with Gasteiger partial charge in [0, 0.05) is 0 Å². The molecule has 0 unspecified atom stereocenters. The van der Waals surface area contributed by atoms with Gasteiger partial charge in [0.25, 0.3) is 5.56 Å². The number of carbonyl (C=O) groups is 1. The maximum atomic E-state index is 12.6. The number of amides is 1. The third-order valence-electron chi connectivity index (χ3n) is 3.56. The second kappa shape index (κ2) is 6.58. The molecule has 0 aliphatic rings. The van der Waals surface area contributed by atoms with Gasteiger partial charge in [-0.15, -0.1) is 11.3 Å². The van der Waals surface area contributed by atoms with Gasteiger partial charge in [0.1, 0.15) is 11.2 Å². The number of carbonyl (C=O) groups excluding carboxylic acids is 1. The van der Waals surface area contributed by atoms with Crippen molar-refractivity contribution in [3.8, 4) is 0 Å². The van der Waals surface area contributed by atoms with Crippen molar-refractivity contribution in [1.82, 2.24) is 14.5 Å². The molecule has 0 spiro atoms. The summed E-state index contributed by atoms with van der Waals surface area (Å²) in [5, 5.41) is 5.65. The van der Waals surface area contributed by atoms with Crippen molar-refractivity contribution >= 4 is 65.9 Å². The van der Waals surface area contributed by atoms with Crippen LogP contribution in [0.15, 0.2) is 45.7 Å². The standard InChI is InChI=1S/C16H12N4O2S3/c1-23-16-18-10-6-7-24-13(10)14(22)20(16)8-12(21)19-15-17-9-4-2-3-5-11(9)25-15/h2-7H,8H2,1H3,(H,17,19,21). The van der Waals surface area contributed by atoms with E-state index in [2.05, 4.69) is 15.3 Å². The molecule has 0 saturated carbocycles. The molecular weight excluding hydrogens is 376 g/mol. The molecule has 0 fully saturated rings. The Labute approximate surface area is 154 Å². The van der Waals surface area contributed by atoms with Gasteiger partial charge in [0.2, 0.25) is 5.91 Å². The van der Waals surface area contributed by atoms with Crippen LogP contribution in [0.5, 0.6) is 0 Å². The summed E-state index contributed by atoms with van der Waals surface area (Å²) in [6.07, 6.45) is 1.84. The van der Waals surface area contributed by atoms with E-state index in [0.717, 1.165) is 10.2 Å². The Balaban J connectivity index is 1.63. The smallest absolute Gasteiger partial charge is 0.272 e. The van der Waals surface area contributed by atoms with Crippen molar-refractivity contribution in [2.45, 2.75) is 11.7 Å². The predicted molar refractivity (Wildman–Crippen MR) is 104 cm³/mol. The molecule has 4 rings (SSSR count). The minimum Gasteiger partial charge on any atom is -0.300 e.